The van der Waals surface area contributed by atoms with Crippen LogP contribution in [-0.2, 0) is 13.0 Å². The van der Waals surface area contributed by atoms with Gasteiger partial charge in [-0.05, 0) is 31.0 Å². The number of benzene rings is 1. The molecule has 0 atom stereocenters. The molecule has 19 heavy (non-hydrogen) atoms. The van der Waals surface area contributed by atoms with Gasteiger partial charge in [0.25, 0.3) is 5.69 Å². The predicted molar refractivity (Wildman–Crippen MR) is 73.4 cm³/mol. The van der Waals surface area contributed by atoms with Crippen molar-refractivity contribution in [2.24, 2.45) is 0 Å². The third-order valence-electron chi connectivity index (χ3n) is 2.95. The first-order valence-corrected chi connectivity index (χ1v) is 6.68. The molecule has 1 aromatic heterocycles. The zero-order chi connectivity index (χ0) is 14.0. The van der Waals surface area contributed by atoms with E-state index in [4.69, 9.17) is 5.11 Å². The fraction of sp³-hybridized carbons (Fsp3) is 0.308. The van der Waals surface area contributed by atoms with Crippen LogP contribution in [0.2, 0.25) is 0 Å². The quantitative estimate of drug-likeness (QED) is 0.689. The van der Waals surface area contributed by atoms with Gasteiger partial charge in [0.05, 0.1) is 22.2 Å². The van der Waals surface area contributed by atoms with Crippen molar-refractivity contribution in [2.45, 2.75) is 26.9 Å². The molecule has 5 nitrogen and oxygen atoms in total. The monoisotopic (exact) mass is 278 g/mol. The molecule has 0 radical (unpaired) electrons. The van der Waals surface area contributed by atoms with Gasteiger partial charge < -0.3 is 5.11 Å². The molecule has 1 aromatic carbocycles. The fourth-order valence-corrected chi connectivity index (χ4v) is 2.72. The van der Waals surface area contributed by atoms with Crippen LogP contribution < -0.4 is 0 Å². The summed E-state index contributed by atoms with van der Waals surface area (Å²) in [5, 5.41) is 22.6. The van der Waals surface area contributed by atoms with Crippen molar-refractivity contribution in [1.82, 2.24) is 4.98 Å². The number of aryl methyl sites for hydroxylation is 2. The number of nitrogens with zero attached hydrogens (tertiary/aromatic N) is 2. The molecular formula is C13H14N2O3S. The average molecular weight is 278 g/mol. The van der Waals surface area contributed by atoms with Gasteiger partial charge in [-0.15, -0.1) is 11.3 Å². The van der Waals surface area contributed by atoms with E-state index in [0.717, 1.165) is 16.1 Å². The molecule has 0 spiro atoms. The predicted octanol–water partition coefficient (Wildman–Crippen LogP) is 2.75. The molecule has 0 saturated carbocycles. The van der Waals surface area contributed by atoms with E-state index in [1.54, 1.807) is 13.0 Å². The summed E-state index contributed by atoms with van der Waals surface area (Å²) in [4.78, 5) is 14.8. The van der Waals surface area contributed by atoms with Crippen molar-refractivity contribution >= 4 is 17.0 Å². The third kappa shape index (κ3) is 2.97. The molecule has 2 aromatic rings. The van der Waals surface area contributed by atoms with E-state index in [2.05, 4.69) is 4.98 Å². The van der Waals surface area contributed by atoms with E-state index in [1.807, 2.05) is 18.4 Å². The number of hydrogen-bond donors (Lipinski definition) is 1. The minimum Gasteiger partial charge on any atom is -0.390 e. The molecule has 2 rings (SSSR count). The SMILES string of the molecule is Cc1cc([N+](=O)[O-])c(C)cc1Cc1nc(CO)cs1. The van der Waals surface area contributed by atoms with Gasteiger partial charge in [0, 0.05) is 23.4 Å². The van der Waals surface area contributed by atoms with Crippen molar-refractivity contribution in [3.63, 3.8) is 0 Å². The van der Waals surface area contributed by atoms with Gasteiger partial charge in [-0.1, -0.05) is 0 Å². The Kier molecular flexibility index (Phi) is 3.92. The third-order valence-corrected chi connectivity index (χ3v) is 3.85. The number of nitro benzene ring substituents is 1. The topological polar surface area (TPSA) is 76.3 Å². The lowest BCUT2D eigenvalue weighted by molar-refractivity contribution is -0.385. The molecule has 0 unspecified atom stereocenters. The highest BCUT2D eigenvalue weighted by atomic mass is 32.1. The largest absolute Gasteiger partial charge is 0.390 e. The van der Waals surface area contributed by atoms with E-state index in [0.29, 0.717) is 17.7 Å². The number of aliphatic hydroxyl groups is 1. The normalized spacial score (nSPS) is 10.7. The van der Waals surface area contributed by atoms with Crippen LogP contribution in [0.15, 0.2) is 17.5 Å². The number of hydrogen-bond acceptors (Lipinski definition) is 5. The summed E-state index contributed by atoms with van der Waals surface area (Å²) in [6.45, 7) is 3.54. The van der Waals surface area contributed by atoms with E-state index in [1.165, 1.54) is 11.3 Å². The smallest absolute Gasteiger partial charge is 0.272 e. The molecule has 1 N–H and O–H groups in total. The Balaban J connectivity index is 2.30. The molecule has 0 aliphatic carbocycles. The number of thiazole rings is 1. The standard InChI is InChI=1S/C13H14N2O3S/c1-8-4-12(15(17)18)9(2)3-10(8)5-13-14-11(6-16)7-19-13/h3-4,7,16H,5-6H2,1-2H3. The van der Waals surface area contributed by atoms with Crippen molar-refractivity contribution in [2.75, 3.05) is 0 Å². The lowest BCUT2D eigenvalue weighted by atomic mass is 10.0. The van der Waals surface area contributed by atoms with Gasteiger partial charge in [0.2, 0.25) is 0 Å². The zero-order valence-corrected chi connectivity index (χ0v) is 11.5. The summed E-state index contributed by atoms with van der Waals surface area (Å²) in [7, 11) is 0. The first kappa shape index (κ1) is 13.6. The Hall–Kier alpha value is -1.79. The number of nitro groups is 1. The molecular weight excluding hydrogens is 264 g/mol. The van der Waals surface area contributed by atoms with Crippen molar-refractivity contribution in [3.05, 3.63) is 55.0 Å². The van der Waals surface area contributed by atoms with Gasteiger partial charge in [0.15, 0.2) is 0 Å². The number of rotatable bonds is 4. The summed E-state index contributed by atoms with van der Waals surface area (Å²) in [6.07, 6.45) is 0.634. The maximum Gasteiger partial charge on any atom is 0.272 e. The van der Waals surface area contributed by atoms with E-state index in [9.17, 15) is 10.1 Å². The average Bonchev–Trinajstić information content (AvgIpc) is 2.80. The number of aromatic nitrogens is 1. The van der Waals surface area contributed by atoms with Crippen molar-refractivity contribution in [3.8, 4) is 0 Å². The maximum absolute atomic E-state index is 10.9. The highest BCUT2D eigenvalue weighted by Crippen LogP contribution is 2.25. The van der Waals surface area contributed by atoms with Gasteiger partial charge in [-0.3, -0.25) is 10.1 Å². The van der Waals surface area contributed by atoms with Crippen LogP contribution in [0.4, 0.5) is 5.69 Å². The molecule has 0 aliphatic heterocycles. The van der Waals surface area contributed by atoms with Gasteiger partial charge >= 0.3 is 0 Å². The summed E-state index contributed by atoms with van der Waals surface area (Å²) >= 11 is 1.49. The van der Waals surface area contributed by atoms with Crippen LogP contribution in [-0.4, -0.2) is 15.0 Å². The fourth-order valence-electron chi connectivity index (χ4n) is 1.91. The van der Waals surface area contributed by atoms with Crippen LogP contribution in [0.1, 0.15) is 27.4 Å². The molecule has 6 heteroatoms. The minimum atomic E-state index is -0.362. The van der Waals surface area contributed by atoms with Crippen molar-refractivity contribution in [1.29, 1.82) is 0 Å². The van der Waals surface area contributed by atoms with Crippen molar-refractivity contribution < 1.29 is 10.0 Å². The van der Waals surface area contributed by atoms with Crippen LogP contribution in [0.5, 0.6) is 0 Å². The first-order valence-electron chi connectivity index (χ1n) is 5.80. The van der Waals surface area contributed by atoms with Crippen LogP contribution in [0, 0.1) is 24.0 Å². The highest BCUT2D eigenvalue weighted by Gasteiger charge is 2.14. The lowest BCUT2D eigenvalue weighted by Gasteiger charge is -2.06. The summed E-state index contributed by atoms with van der Waals surface area (Å²) < 4.78 is 0. The molecule has 0 fully saturated rings. The Morgan fingerprint density at radius 2 is 2.11 bits per heavy atom. The highest BCUT2D eigenvalue weighted by molar-refractivity contribution is 7.09. The van der Waals surface area contributed by atoms with E-state index < -0.39 is 0 Å². The van der Waals surface area contributed by atoms with Crippen LogP contribution in [0.3, 0.4) is 0 Å². The minimum absolute atomic E-state index is 0.0607. The van der Waals surface area contributed by atoms with E-state index in [-0.39, 0.29) is 17.2 Å². The molecule has 0 bridgehead atoms. The lowest BCUT2D eigenvalue weighted by Crippen LogP contribution is -1.98. The second-order valence-corrected chi connectivity index (χ2v) is 5.33. The first-order chi connectivity index (χ1) is 9.01. The van der Waals surface area contributed by atoms with Gasteiger partial charge in [0.1, 0.15) is 0 Å². The second kappa shape index (κ2) is 5.46. The Labute approximate surface area is 114 Å². The summed E-state index contributed by atoms with van der Waals surface area (Å²) in [5.74, 6) is 0. The van der Waals surface area contributed by atoms with E-state index >= 15 is 0 Å². The van der Waals surface area contributed by atoms with Gasteiger partial charge in [-0.2, -0.15) is 0 Å². The zero-order valence-electron chi connectivity index (χ0n) is 10.7. The molecule has 0 amide bonds. The Morgan fingerprint density at radius 1 is 1.37 bits per heavy atom. The molecule has 0 saturated heterocycles. The molecule has 1 heterocycles. The molecule has 100 valence electrons. The second-order valence-electron chi connectivity index (χ2n) is 4.39. The summed E-state index contributed by atoms with van der Waals surface area (Å²) in [6, 6.07) is 3.44. The van der Waals surface area contributed by atoms with Crippen LogP contribution in [0.25, 0.3) is 0 Å². The van der Waals surface area contributed by atoms with Gasteiger partial charge in [-0.25, -0.2) is 4.98 Å². The maximum atomic E-state index is 10.9. The molecule has 0 aliphatic rings. The number of aliphatic hydroxyl groups excluding tert-OH is 1. The van der Waals surface area contributed by atoms with Crippen LogP contribution >= 0.6 is 11.3 Å². The summed E-state index contributed by atoms with van der Waals surface area (Å²) in [5.41, 5.74) is 3.39. The Morgan fingerprint density at radius 3 is 2.68 bits per heavy atom. The Bertz CT molecular complexity index is 622.